The zero-order chi connectivity index (χ0) is 21.0. The molecule has 1 saturated heterocycles. The van der Waals surface area contributed by atoms with Gasteiger partial charge in [0.1, 0.15) is 6.04 Å². The second-order valence-electron chi connectivity index (χ2n) is 8.16. The lowest BCUT2D eigenvalue weighted by atomic mass is 10.0. The molecule has 29 heavy (non-hydrogen) atoms. The summed E-state index contributed by atoms with van der Waals surface area (Å²) in [5, 5.41) is 2.98. The van der Waals surface area contributed by atoms with E-state index in [2.05, 4.69) is 41.4 Å². The number of nitrogens with one attached hydrogen (secondary N) is 1. The Morgan fingerprint density at radius 3 is 2.24 bits per heavy atom. The Morgan fingerprint density at radius 2 is 1.62 bits per heavy atom. The van der Waals surface area contributed by atoms with Crippen LogP contribution in [0.5, 0.6) is 0 Å². The van der Waals surface area contributed by atoms with Crippen LogP contribution in [-0.2, 0) is 4.79 Å². The SMILES string of the molecule is Cc1cccc(N2CCN(C(=O)C(NC(=O)c3ccccc3C)C(C)C)CC2)c1. The lowest BCUT2D eigenvalue weighted by Gasteiger charge is -2.38. The zero-order valence-electron chi connectivity index (χ0n) is 17.8. The van der Waals surface area contributed by atoms with Gasteiger partial charge in [-0.2, -0.15) is 0 Å². The van der Waals surface area contributed by atoms with Gasteiger partial charge in [0.15, 0.2) is 0 Å². The summed E-state index contributed by atoms with van der Waals surface area (Å²) in [6, 6.07) is 15.4. The van der Waals surface area contributed by atoms with Gasteiger partial charge in [0.05, 0.1) is 0 Å². The van der Waals surface area contributed by atoms with Crippen LogP contribution in [0, 0.1) is 19.8 Å². The topological polar surface area (TPSA) is 52.6 Å². The number of hydrogen-bond donors (Lipinski definition) is 1. The highest BCUT2D eigenvalue weighted by Crippen LogP contribution is 2.19. The van der Waals surface area contributed by atoms with Gasteiger partial charge >= 0.3 is 0 Å². The van der Waals surface area contributed by atoms with Gasteiger partial charge in [0.2, 0.25) is 5.91 Å². The fourth-order valence-electron chi connectivity index (χ4n) is 3.77. The van der Waals surface area contributed by atoms with Gasteiger partial charge in [-0.25, -0.2) is 0 Å². The summed E-state index contributed by atoms with van der Waals surface area (Å²) in [6.45, 7) is 10.9. The summed E-state index contributed by atoms with van der Waals surface area (Å²) >= 11 is 0. The Bertz CT molecular complexity index is 870. The van der Waals surface area contributed by atoms with Gasteiger partial charge in [-0.3, -0.25) is 9.59 Å². The Hall–Kier alpha value is -2.82. The second-order valence-corrected chi connectivity index (χ2v) is 8.16. The van der Waals surface area contributed by atoms with Crippen LogP contribution in [0.2, 0.25) is 0 Å². The number of rotatable bonds is 5. The van der Waals surface area contributed by atoms with Crippen molar-refractivity contribution in [3.05, 3.63) is 65.2 Å². The van der Waals surface area contributed by atoms with Crippen molar-refractivity contribution in [2.45, 2.75) is 33.7 Å². The van der Waals surface area contributed by atoms with Crippen LogP contribution in [0.3, 0.4) is 0 Å². The molecule has 1 fully saturated rings. The number of anilines is 1. The maximum atomic E-state index is 13.2. The van der Waals surface area contributed by atoms with E-state index >= 15 is 0 Å². The number of carbonyl (C=O) groups excluding carboxylic acids is 2. The molecule has 2 aromatic rings. The number of aryl methyl sites for hydroxylation is 2. The largest absolute Gasteiger partial charge is 0.368 e. The first-order chi connectivity index (χ1) is 13.9. The third-order valence-electron chi connectivity index (χ3n) is 5.57. The van der Waals surface area contributed by atoms with Crippen molar-refractivity contribution in [2.75, 3.05) is 31.1 Å². The number of piperazine rings is 1. The molecule has 1 N–H and O–H groups in total. The Kier molecular flexibility index (Phi) is 6.57. The molecule has 1 aliphatic heterocycles. The van der Waals surface area contributed by atoms with Gasteiger partial charge in [0.25, 0.3) is 5.91 Å². The van der Waals surface area contributed by atoms with Gasteiger partial charge in [-0.15, -0.1) is 0 Å². The minimum absolute atomic E-state index is 0.00539. The van der Waals surface area contributed by atoms with E-state index in [-0.39, 0.29) is 17.7 Å². The predicted octanol–water partition coefficient (Wildman–Crippen LogP) is 3.41. The molecule has 0 bridgehead atoms. The molecule has 2 aromatic carbocycles. The van der Waals surface area contributed by atoms with E-state index < -0.39 is 6.04 Å². The average molecular weight is 394 g/mol. The Labute approximate surface area is 173 Å². The molecule has 3 rings (SSSR count). The summed E-state index contributed by atoms with van der Waals surface area (Å²) in [6.07, 6.45) is 0. The van der Waals surface area contributed by atoms with Crippen LogP contribution < -0.4 is 10.2 Å². The van der Waals surface area contributed by atoms with Gasteiger partial charge < -0.3 is 15.1 Å². The van der Waals surface area contributed by atoms with Crippen molar-refractivity contribution in [3.63, 3.8) is 0 Å². The maximum absolute atomic E-state index is 13.2. The third-order valence-corrected chi connectivity index (χ3v) is 5.57. The van der Waals surface area contributed by atoms with E-state index in [4.69, 9.17) is 0 Å². The molecule has 2 amide bonds. The molecule has 5 heteroatoms. The van der Waals surface area contributed by atoms with E-state index in [9.17, 15) is 9.59 Å². The summed E-state index contributed by atoms with van der Waals surface area (Å²) in [5.74, 6) is -0.162. The summed E-state index contributed by atoms with van der Waals surface area (Å²) in [7, 11) is 0. The normalized spacial score (nSPS) is 15.3. The van der Waals surface area contributed by atoms with Crippen LogP contribution in [0.15, 0.2) is 48.5 Å². The second kappa shape index (κ2) is 9.12. The Balaban J connectivity index is 1.64. The molecular formula is C24H31N3O2. The highest BCUT2D eigenvalue weighted by molar-refractivity contribution is 5.98. The fraction of sp³-hybridized carbons (Fsp3) is 0.417. The molecule has 154 valence electrons. The van der Waals surface area contributed by atoms with Gasteiger partial charge in [-0.1, -0.05) is 44.2 Å². The fourth-order valence-corrected chi connectivity index (χ4v) is 3.77. The van der Waals surface area contributed by atoms with Crippen LogP contribution in [0.1, 0.15) is 35.3 Å². The summed E-state index contributed by atoms with van der Waals surface area (Å²) in [4.78, 5) is 30.1. The van der Waals surface area contributed by atoms with Crippen molar-refractivity contribution in [1.82, 2.24) is 10.2 Å². The molecule has 1 heterocycles. The number of benzene rings is 2. The zero-order valence-corrected chi connectivity index (χ0v) is 17.8. The van der Waals surface area contributed by atoms with Crippen molar-refractivity contribution in [1.29, 1.82) is 0 Å². The molecule has 0 radical (unpaired) electrons. The lowest BCUT2D eigenvalue weighted by Crippen LogP contribution is -2.56. The predicted molar refractivity (Wildman–Crippen MR) is 117 cm³/mol. The monoisotopic (exact) mass is 393 g/mol. The maximum Gasteiger partial charge on any atom is 0.252 e. The Morgan fingerprint density at radius 1 is 0.931 bits per heavy atom. The molecule has 0 spiro atoms. The number of hydrogen-bond acceptors (Lipinski definition) is 3. The molecule has 1 atom stereocenters. The molecule has 0 saturated carbocycles. The highest BCUT2D eigenvalue weighted by Gasteiger charge is 2.31. The average Bonchev–Trinajstić information content (AvgIpc) is 2.71. The molecule has 5 nitrogen and oxygen atoms in total. The van der Waals surface area contributed by atoms with Crippen LogP contribution in [-0.4, -0.2) is 48.9 Å². The first kappa shape index (κ1) is 20.9. The van der Waals surface area contributed by atoms with Crippen LogP contribution >= 0.6 is 0 Å². The first-order valence-corrected chi connectivity index (χ1v) is 10.3. The van der Waals surface area contributed by atoms with Crippen LogP contribution in [0.4, 0.5) is 5.69 Å². The van der Waals surface area contributed by atoms with Crippen LogP contribution in [0.25, 0.3) is 0 Å². The number of nitrogens with zero attached hydrogens (tertiary/aromatic N) is 2. The van der Waals surface area contributed by atoms with E-state index in [1.165, 1.54) is 11.3 Å². The molecule has 1 unspecified atom stereocenters. The van der Waals surface area contributed by atoms with E-state index in [0.717, 1.165) is 18.7 Å². The van der Waals surface area contributed by atoms with E-state index in [1.54, 1.807) is 6.07 Å². The third kappa shape index (κ3) is 4.97. The molecule has 0 aliphatic carbocycles. The van der Waals surface area contributed by atoms with E-state index in [0.29, 0.717) is 18.7 Å². The minimum Gasteiger partial charge on any atom is -0.368 e. The summed E-state index contributed by atoms with van der Waals surface area (Å²) in [5.41, 5.74) is 3.96. The van der Waals surface area contributed by atoms with Gasteiger partial charge in [0, 0.05) is 37.4 Å². The lowest BCUT2D eigenvalue weighted by molar-refractivity contribution is -0.134. The molecular weight excluding hydrogens is 362 g/mol. The van der Waals surface area contributed by atoms with Crippen molar-refractivity contribution in [3.8, 4) is 0 Å². The number of amides is 2. The quantitative estimate of drug-likeness (QED) is 0.847. The van der Waals surface area contributed by atoms with E-state index in [1.807, 2.05) is 43.9 Å². The van der Waals surface area contributed by atoms with Gasteiger partial charge in [-0.05, 0) is 49.1 Å². The van der Waals surface area contributed by atoms with Crippen molar-refractivity contribution in [2.24, 2.45) is 5.92 Å². The number of carbonyl (C=O) groups is 2. The molecule has 1 aliphatic rings. The van der Waals surface area contributed by atoms with Crippen molar-refractivity contribution >= 4 is 17.5 Å². The summed E-state index contributed by atoms with van der Waals surface area (Å²) < 4.78 is 0. The van der Waals surface area contributed by atoms with Crippen molar-refractivity contribution < 1.29 is 9.59 Å². The highest BCUT2D eigenvalue weighted by atomic mass is 16.2. The molecule has 0 aromatic heterocycles. The first-order valence-electron chi connectivity index (χ1n) is 10.3. The smallest absolute Gasteiger partial charge is 0.252 e. The standard InChI is InChI=1S/C24H31N3O2/c1-17(2)22(25-23(28)21-11-6-5-9-19(21)4)24(29)27-14-12-26(13-15-27)20-10-7-8-18(3)16-20/h5-11,16-17,22H,12-15H2,1-4H3,(H,25,28). The minimum atomic E-state index is -0.521.